The molecule has 0 aliphatic heterocycles. The topological polar surface area (TPSA) is 81.4 Å². The van der Waals surface area contributed by atoms with Crippen LogP contribution in [0.3, 0.4) is 0 Å². The van der Waals surface area contributed by atoms with Crippen LogP contribution in [0, 0.1) is 0 Å². The highest BCUT2D eigenvalue weighted by Gasteiger charge is 2.39. The van der Waals surface area contributed by atoms with Crippen LogP contribution in [0.1, 0.15) is 25.7 Å². The monoisotopic (exact) mass is 266 g/mol. The van der Waals surface area contributed by atoms with Gasteiger partial charge < -0.3 is 10.5 Å². The summed E-state index contributed by atoms with van der Waals surface area (Å²) in [6, 6.07) is 0. The number of ether oxygens (including phenoxy) is 1. The molecule has 0 radical (unpaired) electrons. The van der Waals surface area contributed by atoms with E-state index in [4.69, 9.17) is 22.7 Å². The number of hydrogen-bond acceptors (Lipinski definition) is 4. The first-order valence-corrected chi connectivity index (χ1v) is 7.28. The molecule has 0 bridgehead atoms. The Balaban J connectivity index is 2.72. The number of hydrogen-bond donors (Lipinski definition) is 2. The highest BCUT2D eigenvalue weighted by Crippen LogP contribution is 2.30. The Labute approximate surface area is 102 Å². The molecule has 3 N–H and O–H groups in total. The zero-order valence-electron chi connectivity index (χ0n) is 9.36. The van der Waals surface area contributed by atoms with Gasteiger partial charge >= 0.3 is 0 Å². The minimum Gasteiger partial charge on any atom is -0.392 e. The second-order valence-electron chi connectivity index (χ2n) is 4.07. The lowest BCUT2D eigenvalue weighted by molar-refractivity contribution is 0.216. The Morgan fingerprint density at radius 2 is 2.06 bits per heavy atom. The highest BCUT2D eigenvalue weighted by atomic mass is 32.2. The second-order valence-corrected chi connectivity index (χ2v) is 6.35. The van der Waals surface area contributed by atoms with Crippen molar-refractivity contribution in [1.82, 2.24) is 4.72 Å². The Bertz CT molecular complexity index is 348. The molecule has 0 aromatic carbocycles. The van der Waals surface area contributed by atoms with E-state index in [1.165, 1.54) is 7.11 Å². The van der Waals surface area contributed by atoms with E-state index in [0.717, 1.165) is 12.8 Å². The number of methoxy groups -OCH3 is 1. The summed E-state index contributed by atoms with van der Waals surface area (Å²) in [5.41, 5.74) is 4.94. The van der Waals surface area contributed by atoms with Crippen molar-refractivity contribution in [1.29, 1.82) is 0 Å². The van der Waals surface area contributed by atoms with Crippen LogP contribution in [0.2, 0.25) is 0 Å². The number of rotatable bonds is 6. The quantitative estimate of drug-likeness (QED) is 0.669. The standard InChI is InChI=1S/C9H18N2O3S2/c1-14-6-7-16(12,13)11-9(8(10)15)4-2-3-5-9/h11H,2-7H2,1H3,(H2,10,15). The van der Waals surface area contributed by atoms with Gasteiger partial charge in [-0.2, -0.15) is 0 Å². The number of sulfonamides is 1. The fraction of sp³-hybridized carbons (Fsp3) is 0.889. The van der Waals surface area contributed by atoms with Crippen LogP contribution in [-0.2, 0) is 14.8 Å². The maximum absolute atomic E-state index is 11.7. The normalized spacial score (nSPS) is 19.8. The van der Waals surface area contributed by atoms with Gasteiger partial charge in [0.25, 0.3) is 0 Å². The largest absolute Gasteiger partial charge is 0.392 e. The van der Waals surface area contributed by atoms with Crippen molar-refractivity contribution in [3.05, 3.63) is 0 Å². The Hall–Kier alpha value is -0.240. The molecule has 16 heavy (non-hydrogen) atoms. The maximum Gasteiger partial charge on any atom is 0.214 e. The average Bonchev–Trinajstić information content (AvgIpc) is 2.64. The number of thiocarbonyl (C=S) groups is 1. The van der Waals surface area contributed by atoms with Crippen molar-refractivity contribution in [2.75, 3.05) is 19.5 Å². The second kappa shape index (κ2) is 5.39. The van der Waals surface area contributed by atoms with E-state index in [0.29, 0.717) is 12.8 Å². The molecule has 0 unspecified atom stereocenters. The molecule has 1 saturated carbocycles. The Kier molecular flexibility index (Phi) is 4.66. The van der Waals surface area contributed by atoms with E-state index < -0.39 is 15.6 Å². The van der Waals surface area contributed by atoms with Gasteiger partial charge in [-0.25, -0.2) is 13.1 Å². The van der Waals surface area contributed by atoms with Crippen molar-refractivity contribution < 1.29 is 13.2 Å². The summed E-state index contributed by atoms with van der Waals surface area (Å²) in [4.78, 5) is 0.242. The van der Waals surface area contributed by atoms with E-state index in [1.807, 2.05) is 0 Å². The van der Waals surface area contributed by atoms with Gasteiger partial charge in [-0.1, -0.05) is 25.1 Å². The fourth-order valence-corrected chi connectivity index (χ4v) is 3.64. The van der Waals surface area contributed by atoms with E-state index in [-0.39, 0.29) is 17.3 Å². The molecule has 1 aliphatic carbocycles. The third kappa shape index (κ3) is 3.38. The molecule has 0 atom stereocenters. The van der Waals surface area contributed by atoms with Gasteiger partial charge in [-0.3, -0.25) is 0 Å². The van der Waals surface area contributed by atoms with Crippen molar-refractivity contribution in [2.45, 2.75) is 31.2 Å². The lowest BCUT2D eigenvalue weighted by atomic mass is 10.00. The minimum absolute atomic E-state index is 0.0616. The predicted octanol–water partition coefficient (Wildman–Crippen LogP) is 0.151. The highest BCUT2D eigenvalue weighted by molar-refractivity contribution is 7.89. The first-order chi connectivity index (χ1) is 7.42. The van der Waals surface area contributed by atoms with E-state index >= 15 is 0 Å². The molecule has 0 aromatic rings. The van der Waals surface area contributed by atoms with Gasteiger partial charge in [-0.05, 0) is 12.8 Å². The van der Waals surface area contributed by atoms with E-state index in [2.05, 4.69) is 4.72 Å². The van der Waals surface area contributed by atoms with Crippen LogP contribution >= 0.6 is 12.2 Å². The minimum atomic E-state index is -3.37. The lowest BCUT2D eigenvalue weighted by Gasteiger charge is -2.28. The van der Waals surface area contributed by atoms with Crippen molar-refractivity contribution in [2.24, 2.45) is 5.73 Å². The van der Waals surface area contributed by atoms with Gasteiger partial charge in [0.1, 0.15) is 0 Å². The van der Waals surface area contributed by atoms with E-state index in [1.54, 1.807) is 0 Å². The molecule has 0 saturated heterocycles. The van der Waals surface area contributed by atoms with Gasteiger partial charge in [0.05, 0.1) is 22.9 Å². The predicted molar refractivity (Wildman–Crippen MR) is 66.8 cm³/mol. The Morgan fingerprint density at radius 3 is 2.50 bits per heavy atom. The number of nitrogens with two attached hydrogens (primary N) is 1. The molecule has 1 rings (SSSR count). The molecule has 0 heterocycles. The third-order valence-corrected chi connectivity index (χ3v) is 4.63. The molecule has 7 heteroatoms. The molecule has 0 spiro atoms. The Morgan fingerprint density at radius 1 is 1.50 bits per heavy atom. The van der Waals surface area contributed by atoms with Crippen LogP contribution in [0.4, 0.5) is 0 Å². The van der Waals surface area contributed by atoms with Gasteiger partial charge in [0.15, 0.2) is 0 Å². The third-order valence-electron chi connectivity index (χ3n) is 2.84. The molecule has 0 aromatic heterocycles. The summed E-state index contributed by atoms with van der Waals surface area (Å²) in [7, 11) is -1.91. The summed E-state index contributed by atoms with van der Waals surface area (Å²) in [5.74, 6) is -0.0616. The smallest absolute Gasteiger partial charge is 0.214 e. The van der Waals surface area contributed by atoms with E-state index in [9.17, 15) is 8.42 Å². The van der Waals surface area contributed by atoms with Gasteiger partial charge in [-0.15, -0.1) is 0 Å². The van der Waals surface area contributed by atoms with Crippen LogP contribution < -0.4 is 10.5 Å². The molecular weight excluding hydrogens is 248 g/mol. The molecule has 0 amide bonds. The molecule has 94 valence electrons. The zero-order valence-corrected chi connectivity index (χ0v) is 11.0. The summed E-state index contributed by atoms with van der Waals surface area (Å²) >= 11 is 4.97. The summed E-state index contributed by atoms with van der Waals surface area (Å²) in [5, 5.41) is 0. The lowest BCUT2D eigenvalue weighted by Crippen LogP contribution is -2.55. The fourth-order valence-electron chi connectivity index (χ4n) is 1.92. The molecule has 1 aliphatic rings. The average molecular weight is 266 g/mol. The zero-order chi connectivity index (χ0) is 12.2. The molecular formula is C9H18N2O3S2. The van der Waals surface area contributed by atoms with Gasteiger partial charge in [0.2, 0.25) is 10.0 Å². The van der Waals surface area contributed by atoms with Crippen LogP contribution in [0.25, 0.3) is 0 Å². The summed E-state index contributed by atoms with van der Waals surface area (Å²) in [6.45, 7) is 0.169. The first kappa shape index (κ1) is 13.8. The maximum atomic E-state index is 11.7. The molecule has 5 nitrogen and oxygen atoms in total. The van der Waals surface area contributed by atoms with Gasteiger partial charge in [0, 0.05) is 7.11 Å². The SMILES string of the molecule is COCCS(=O)(=O)NC1(C(N)=S)CCCC1. The first-order valence-electron chi connectivity index (χ1n) is 5.22. The summed E-state index contributed by atoms with van der Waals surface area (Å²) in [6.07, 6.45) is 3.28. The van der Waals surface area contributed by atoms with Crippen molar-refractivity contribution in [3.8, 4) is 0 Å². The molecule has 1 fully saturated rings. The van der Waals surface area contributed by atoms with Crippen molar-refractivity contribution >= 4 is 27.2 Å². The van der Waals surface area contributed by atoms with Crippen molar-refractivity contribution in [3.63, 3.8) is 0 Å². The number of nitrogens with one attached hydrogen (secondary N) is 1. The van der Waals surface area contributed by atoms with Crippen LogP contribution in [0.15, 0.2) is 0 Å². The van der Waals surface area contributed by atoms with Crippen LogP contribution in [0.5, 0.6) is 0 Å². The van der Waals surface area contributed by atoms with Crippen LogP contribution in [-0.4, -0.2) is 38.4 Å². The summed E-state index contributed by atoms with van der Waals surface area (Å²) < 4.78 is 30.9.